The van der Waals surface area contributed by atoms with Crippen LogP contribution in [0.2, 0.25) is 0 Å². The van der Waals surface area contributed by atoms with E-state index in [-0.39, 0.29) is 18.8 Å². The summed E-state index contributed by atoms with van der Waals surface area (Å²) in [5.74, 6) is 1.20. The van der Waals surface area contributed by atoms with E-state index in [4.69, 9.17) is 14.2 Å². The zero-order valence-corrected chi connectivity index (χ0v) is 14.5. The van der Waals surface area contributed by atoms with E-state index in [0.717, 1.165) is 12.0 Å². The Kier molecular flexibility index (Phi) is 5.28. The molecule has 25 heavy (non-hydrogen) atoms. The Hall–Kier alpha value is -2.48. The number of ether oxygens (including phenoxy) is 3. The second-order valence-electron chi connectivity index (χ2n) is 6.22. The summed E-state index contributed by atoms with van der Waals surface area (Å²) >= 11 is 0. The van der Waals surface area contributed by atoms with Crippen molar-refractivity contribution in [1.82, 2.24) is 15.1 Å². The summed E-state index contributed by atoms with van der Waals surface area (Å²) in [6.45, 7) is 2.14. The third kappa shape index (κ3) is 3.96. The molecule has 136 valence electrons. The van der Waals surface area contributed by atoms with Gasteiger partial charge in [0.2, 0.25) is 12.7 Å². The van der Waals surface area contributed by atoms with E-state index in [2.05, 4.69) is 5.32 Å². The lowest BCUT2D eigenvalue weighted by Gasteiger charge is -2.27. The molecule has 0 saturated carbocycles. The third-order valence-electron chi connectivity index (χ3n) is 4.21. The van der Waals surface area contributed by atoms with Crippen molar-refractivity contribution in [3.8, 4) is 11.5 Å². The molecule has 0 radical (unpaired) electrons. The van der Waals surface area contributed by atoms with E-state index in [1.807, 2.05) is 37.2 Å². The summed E-state index contributed by atoms with van der Waals surface area (Å²) in [4.78, 5) is 27.7. The van der Waals surface area contributed by atoms with E-state index in [9.17, 15) is 9.59 Å². The minimum absolute atomic E-state index is 0.130. The van der Waals surface area contributed by atoms with Gasteiger partial charge in [-0.15, -0.1) is 0 Å². The molecule has 0 unspecified atom stereocenters. The molecule has 0 aromatic heterocycles. The summed E-state index contributed by atoms with van der Waals surface area (Å²) in [6.07, 6.45) is 0.498. The number of carbonyl (C=O) groups is 2. The lowest BCUT2D eigenvalue weighted by molar-refractivity contribution is -0.125. The highest BCUT2D eigenvalue weighted by atomic mass is 16.7. The van der Waals surface area contributed by atoms with Crippen molar-refractivity contribution < 1.29 is 23.8 Å². The smallest absolute Gasteiger partial charge is 0.409 e. The molecular weight excluding hydrogens is 326 g/mol. The number of benzene rings is 1. The molecule has 1 aromatic rings. The van der Waals surface area contributed by atoms with Crippen molar-refractivity contribution in [2.24, 2.45) is 0 Å². The molecule has 1 saturated heterocycles. The van der Waals surface area contributed by atoms with Crippen molar-refractivity contribution in [1.29, 1.82) is 0 Å². The summed E-state index contributed by atoms with van der Waals surface area (Å²) in [6, 6.07) is 5.04. The molecule has 1 N–H and O–H groups in total. The van der Waals surface area contributed by atoms with Gasteiger partial charge in [0, 0.05) is 19.6 Å². The molecule has 1 aromatic carbocycles. The molecule has 8 nitrogen and oxygen atoms in total. The summed E-state index contributed by atoms with van der Waals surface area (Å²) in [5.41, 5.74) is 0.823. The lowest BCUT2D eigenvalue weighted by atomic mass is 10.0. The van der Waals surface area contributed by atoms with Gasteiger partial charge >= 0.3 is 6.09 Å². The molecular formula is C17H23N3O5. The molecule has 0 spiro atoms. The fourth-order valence-corrected chi connectivity index (χ4v) is 2.98. The first-order chi connectivity index (χ1) is 12.1. The van der Waals surface area contributed by atoms with Crippen LogP contribution in [0.25, 0.3) is 0 Å². The number of amides is 2. The van der Waals surface area contributed by atoms with Gasteiger partial charge < -0.3 is 24.4 Å². The average molecular weight is 349 g/mol. The first-order valence-electron chi connectivity index (χ1n) is 8.31. The van der Waals surface area contributed by atoms with Gasteiger partial charge in [-0.2, -0.15) is 0 Å². The maximum atomic E-state index is 12.6. The molecule has 3 rings (SSSR count). The van der Waals surface area contributed by atoms with E-state index in [1.165, 1.54) is 0 Å². The number of hydrogen-bond acceptors (Lipinski definition) is 6. The minimum Gasteiger partial charge on any atom is -0.454 e. The number of rotatable bonds is 6. The number of cyclic esters (lactones) is 1. The fraction of sp³-hybridized carbons (Fsp3) is 0.529. The first-order valence-corrected chi connectivity index (χ1v) is 8.31. The van der Waals surface area contributed by atoms with E-state index in [1.54, 1.807) is 4.90 Å². The summed E-state index contributed by atoms with van der Waals surface area (Å²) in [5, 5.41) is 2.90. The van der Waals surface area contributed by atoms with Crippen LogP contribution < -0.4 is 14.8 Å². The van der Waals surface area contributed by atoms with Crippen LogP contribution in [0.5, 0.6) is 11.5 Å². The summed E-state index contributed by atoms with van der Waals surface area (Å²) < 4.78 is 15.7. The van der Waals surface area contributed by atoms with Gasteiger partial charge in [-0.3, -0.25) is 9.69 Å². The Balaban J connectivity index is 1.60. The molecule has 2 heterocycles. The van der Waals surface area contributed by atoms with Crippen LogP contribution in [-0.2, 0) is 9.53 Å². The Morgan fingerprint density at radius 1 is 1.28 bits per heavy atom. The van der Waals surface area contributed by atoms with Crippen molar-refractivity contribution >= 4 is 12.0 Å². The third-order valence-corrected chi connectivity index (χ3v) is 4.21. The zero-order valence-electron chi connectivity index (χ0n) is 14.5. The predicted octanol–water partition coefficient (Wildman–Crippen LogP) is 0.976. The van der Waals surface area contributed by atoms with Gasteiger partial charge in [0.15, 0.2) is 11.5 Å². The van der Waals surface area contributed by atoms with Gasteiger partial charge in [-0.25, -0.2) is 4.79 Å². The Bertz CT molecular complexity index is 649. The van der Waals surface area contributed by atoms with E-state index >= 15 is 0 Å². The van der Waals surface area contributed by atoms with Gasteiger partial charge in [0.05, 0.1) is 6.61 Å². The van der Waals surface area contributed by atoms with Crippen LogP contribution in [0, 0.1) is 0 Å². The van der Waals surface area contributed by atoms with Crippen LogP contribution in [0.4, 0.5) is 4.79 Å². The van der Waals surface area contributed by atoms with Crippen molar-refractivity contribution in [3.05, 3.63) is 23.8 Å². The second-order valence-corrected chi connectivity index (χ2v) is 6.22. The highest BCUT2D eigenvalue weighted by molar-refractivity contribution is 5.83. The lowest BCUT2D eigenvalue weighted by Crippen LogP contribution is -2.44. The van der Waals surface area contributed by atoms with Crippen molar-refractivity contribution in [2.75, 3.05) is 47.1 Å². The number of nitrogens with one attached hydrogen (secondary N) is 1. The molecule has 0 aliphatic carbocycles. The molecule has 2 amide bonds. The van der Waals surface area contributed by atoms with Crippen molar-refractivity contribution in [2.45, 2.75) is 12.5 Å². The van der Waals surface area contributed by atoms with Crippen LogP contribution in [0.3, 0.4) is 0 Å². The monoisotopic (exact) mass is 349 g/mol. The highest BCUT2D eigenvalue weighted by Crippen LogP contribution is 2.35. The normalized spacial score (nSPS) is 17.4. The SMILES string of the molecule is CN(C)[C@H](C(=O)NCCN1CCCOC1=O)c1ccc2c(c1)OCO2. The number of hydrogen-bond donors (Lipinski definition) is 1. The largest absolute Gasteiger partial charge is 0.454 e. The summed E-state index contributed by atoms with van der Waals surface area (Å²) in [7, 11) is 3.69. The molecule has 0 bridgehead atoms. The van der Waals surface area contributed by atoms with Gasteiger partial charge in [0.25, 0.3) is 0 Å². The Labute approximate surface area is 146 Å². The quantitative estimate of drug-likeness (QED) is 0.825. The molecule has 2 aliphatic rings. The van der Waals surface area contributed by atoms with E-state index < -0.39 is 6.04 Å². The number of likely N-dealkylation sites (N-methyl/N-ethyl adjacent to an activating group) is 1. The van der Waals surface area contributed by atoms with Crippen LogP contribution in [-0.4, -0.2) is 68.9 Å². The minimum atomic E-state index is -0.456. The topological polar surface area (TPSA) is 80.3 Å². The standard InChI is InChI=1S/C17H23N3O5/c1-19(2)15(12-4-5-13-14(10-12)25-11-24-13)16(21)18-6-8-20-7-3-9-23-17(20)22/h4-5,10,15H,3,6-9,11H2,1-2H3,(H,18,21)/t15-/m0/s1. The molecule has 8 heteroatoms. The second kappa shape index (κ2) is 7.60. The number of nitrogens with zero attached hydrogens (tertiary/aromatic N) is 2. The zero-order chi connectivity index (χ0) is 17.8. The van der Waals surface area contributed by atoms with Gasteiger partial charge in [-0.05, 0) is 38.2 Å². The van der Waals surface area contributed by atoms with Crippen LogP contribution >= 0.6 is 0 Å². The first kappa shape index (κ1) is 17.3. The number of fused-ring (bicyclic) bond motifs is 1. The van der Waals surface area contributed by atoms with Gasteiger partial charge in [-0.1, -0.05) is 6.07 Å². The predicted molar refractivity (Wildman–Crippen MR) is 89.5 cm³/mol. The Morgan fingerprint density at radius 3 is 2.84 bits per heavy atom. The van der Waals surface area contributed by atoms with Crippen LogP contribution in [0.1, 0.15) is 18.0 Å². The molecule has 1 atom stereocenters. The fourth-order valence-electron chi connectivity index (χ4n) is 2.98. The molecule has 1 fully saturated rings. The average Bonchev–Trinajstić information content (AvgIpc) is 3.04. The van der Waals surface area contributed by atoms with Gasteiger partial charge in [0.1, 0.15) is 6.04 Å². The van der Waals surface area contributed by atoms with E-state index in [0.29, 0.717) is 37.7 Å². The maximum absolute atomic E-state index is 12.6. The van der Waals surface area contributed by atoms with Crippen LogP contribution in [0.15, 0.2) is 18.2 Å². The highest BCUT2D eigenvalue weighted by Gasteiger charge is 2.26. The Morgan fingerprint density at radius 2 is 2.08 bits per heavy atom. The number of carbonyl (C=O) groups excluding carboxylic acids is 2. The molecule has 2 aliphatic heterocycles. The maximum Gasteiger partial charge on any atom is 0.409 e. The van der Waals surface area contributed by atoms with Crippen molar-refractivity contribution in [3.63, 3.8) is 0 Å².